The SMILES string of the molecule is NCCCCCn1cc(CNC(=O)N=Nc2ccc(C(F)(F)F)cc2)nn1. The third-order valence-electron chi connectivity index (χ3n) is 3.55. The van der Waals surface area contributed by atoms with Gasteiger partial charge in [-0.3, -0.25) is 4.68 Å². The summed E-state index contributed by atoms with van der Waals surface area (Å²) in [6.07, 6.45) is 0.201. The molecule has 0 aliphatic carbocycles. The second kappa shape index (κ2) is 9.76. The second-order valence-corrected chi connectivity index (χ2v) is 5.73. The van der Waals surface area contributed by atoms with Crippen molar-refractivity contribution >= 4 is 11.7 Å². The molecule has 2 amide bonds. The van der Waals surface area contributed by atoms with Crippen LogP contribution >= 0.6 is 0 Å². The van der Waals surface area contributed by atoms with Gasteiger partial charge in [0.25, 0.3) is 0 Å². The summed E-state index contributed by atoms with van der Waals surface area (Å²) in [6.45, 7) is 1.50. The monoisotopic (exact) mass is 383 g/mol. The Morgan fingerprint density at radius 3 is 2.59 bits per heavy atom. The molecule has 27 heavy (non-hydrogen) atoms. The second-order valence-electron chi connectivity index (χ2n) is 5.73. The summed E-state index contributed by atoms with van der Waals surface area (Å²) in [6, 6.07) is 3.29. The van der Waals surface area contributed by atoms with Crippen molar-refractivity contribution in [3.05, 3.63) is 41.7 Å². The number of hydrogen-bond donors (Lipinski definition) is 2. The predicted octanol–water partition coefficient (Wildman–Crippen LogP) is 3.42. The van der Waals surface area contributed by atoms with Crippen molar-refractivity contribution in [2.75, 3.05) is 6.54 Å². The first-order valence-corrected chi connectivity index (χ1v) is 8.34. The summed E-state index contributed by atoms with van der Waals surface area (Å²) in [5, 5.41) is 17.4. The molecule has 11 heteroatoms. The molecule has 0 aliphatic heterocycles. The number of halogens is 3. The molecule has 2 aromatic rings. The molecule has 0 saturated heterocycles. The summed E-state index contributed by atoms with van der Waals surface area (Å²) in [7, 11) is 0. The molecule has 2 rings (SSSR count). The zero-order valence-electron chi connectivity index (χ0n) is 14.5. The lowest BCUT2D eigenvalue weighted by molar-refractivity contribution is -0.137. The fourth-order valence-corrected chi connectivity index (χ4v) is 2.15. The summed E-state index contributed by atoms with van der Waals surface area (Å²) in [5.41, 5.74) is 5.34. The van der Waals surface area contributed by atoms with Crippen LogP contribution in [-0.4, -0.2) is 27.6 Å². The van der Waals surface area contributed by atoms with E-state index in [9.17, 15) is 18.0 Å². The number of nitrogens with zero attached hydrogens (tertiary/aromatic N) is 5. The number of carbonyl (C=O) groups is 1. The first-order chi connectivity index (χ1) is 12.9. The standard InChI is InChI=1S/C16H20F3N7O/c17-16(18,19)12-4-6-13(7-5-12)22-24-15(27)21-10-14-11-26(25-23-14)9-3-1-2-8-20/h4-7,11H,1-3,8-10,20H2,(H,21,27). The molecule has 0 aliphatic rings. The van der Waals surface area contributed by atoms with Crippen LogP contribution in [0.1, 0.15) is 30.5 Å². The number of aryl methyl sites for hydroxylation is 1. The molecule has 0 unspecified atom stereocenters. The highest BCUT2D eigenvalue weighted by atomic mass is 19.4. The van der Waals surface area contributed by atoms with Crippen LogP contribution in [0.4, 0.5) is 23.7 Å². The molecule has 146 valence electrons. The van der Waals surface area contributed by atoms with Gasteiger partial charge >= 0.3 is 12.2 Å². The van der Waals surface area contributed by atoms with E-state index in [0.29, 0.717) is 18.8 Å². The van der Waals surface area contributed by atoms with E-state index in [2.05, 4.69) is 25.9 Å². The van der Waals surface area contributed by atoms with Gasteiger partial charge in [-0.25, -0.2) is 4.79 Å². The van der Waals surface area contributed by atoms with Crippen molar-refractivity contribution < 1.29 is 18.0 Å². The van der Waals surface area contributed by atoms with Gasteiger partial charge in [0.2, 0.25) is 0 Å². The molecule has 0 fully saturated rings. The fraction of sp³-hybridized carbons (Fsp3) is 0.438. The normalized spacial score (nSPS) is 11.9. The maximum Gasteiger partial charge on any atom is 0.416 e. The lowest BCUT2D eigenvalue weighted by Crippen LogP contribution is -2.18. The van der Waals surface area contributed by atoms with E-state index in [0.717, 1.165) is 43.5 Å². The van der Waals surface area contributed by atoms with Crippen molar-refractivity contribution in [1.29, 1.82) is 0 Å². The molecule has 0 bridgehead atoms. The zero-order chi connectivity index (χ0) is 19.7. The molecule has 3 N–H and O–H groups in total. The number of rotatable bonds is 8. The molecule has 0 saturated carbocycles. The van der Waals surface area contributed by atoms with E-state index in [-0.39, 0.29) is 12.2 Å². The van der Waals surface area contributed by atoms with Crippen molar-refractivity contribution in [1.82, 2.24) is 20.3 Å². The zero-order valence-corrected chi connectivity index (χ0v) is 14.5. The number of nitrogens with two attached hydrogens (primary N) is 1. The highest BCUT2D eigenvalue weighted by molar-refractivity contribution is 5.74. The van der Waals surface area contributed by atoms with Gasteiger partial charge < -0.3 is 11.1 Å². The minimum absolute atomic E-state index is 0.119. The smallest absolute Gasteiger partial charge is 0.330 e. The average molecular weight is 383 g/mol. The van der Waals surface area contributed by atoms with Crippen LogP contribution in [0.15, 0.2) is 40.7 Å². The summed E-state index contributed by atoms with van der Waals surface area (Å²) < 4.78 is 39.1. The topological polar surface area (TPSA) is 111 Å². The van der Waals surface area contributed by atoms with Crippen LogP contribution < -0.4 is 11.1 Å². The maximum atomic E-state index is 12.5. The van der Waals surface area contributed by atoms with E-state index >= 15 is 0 Å². The Morgan fingerprint density at radius 2 is 1.93 bits per heavy atom. The molecule has 8 nitrogen and oxygen atoms in total. The molecule has 1 heterocycles. The summed E-state index contributed by atoms with van der Waals surface area (Å²) in [5.74, 6) is 0. The van der Waals surface area contributed by atoms with Crippen molar-refractivity contribution in [2.45, 2.75) is 38.5 Å². The number of urea groups is 1. The highest BCUT2D eigenvalue weighted by Crippen LogP contribution is 2.30. The summed E-state index contributed by atoms with van der Waals surface area (Å²) in [4.78, 5) is 11.6. The first-order valence-electron chi connectivity index (χ1n) is 8.34. The van der Waals surface area contributed by atoms with Crippen LogP contribution in [0, 0.1) is 0 Å². The van der Waals surface area contributed by atoms with Gasteiger partial charge in [-0.1, -0.05) is 16.7 Å². The molecular weight excluding hydrogens is 363 g/mol. The van der Waals surface area contributed by atoms with Gasteiger partial charge in [0.1, 0.15) is 5.69 Å². The van der Waals surface area contributed by atoms with Crippen LogP contribution in [0.25, 0.3) is 0 Å². The Bertz CT molecular complexity index is 756. The van der Waals surface area contributed by atoms with Gasteiger partial charge in [0.05, 0.1) is 24.0 Å². The number of alkyl halides is 3. The fourth-order valence-electron chi connectivity index (χ4n) is 2.15. The summed E-state index contributed by atoms with van der Waals surface area (Å²) >= 11 is 0. The largest absolute Gasteiger partial charge is 0.416 e. The van der Waals surface area contributed by atoms with Crippen LogP contribution in [0.5, 0.6) is 0 Å². The lowest BCUT2D eigenvalue weighted by Gasteiger charge is -2.05. The van der Waals surface area contributed by atoms with E-state index in [4.69, 9.17) is 5.73 Å². The van der Waals surface area contributed by atoms with Gasteiger partial charge in [-0.05, 0) is 43.7 Å². The quantitative estimate of drug-likeness (QED) is 0.537. The van der Waals surface area contributed by atoms with E-state index < -0.39 is 17.8 Å². The number of unbranched alkanes of at least 4 members (excludes halogenated alkanes) is 2. The van der Waals surface area contributed by atoms with Crippen LogP contribution in [0.2, 0.25) is 0 Å². The number of carbonyl (C=O) groups excluding carboxylic acids is 1. The van der Waals surface area contributed by atoms with Crippen molar-refractivity contribution in [3.8, 4) is 0 Å². The minimum Gasteiger partial charge on any atom is -0.330 e. The minimum atomic E-state index is -4.42. The van der Waals surface area contributed by atoms with E-state index in [1.807, 2.05) is 0 Å². The van der Waals surface area contributed by atoms with Gasteiger partial charge in [-0.2, -0.15) is 13.2 Å². The number of aromatic nitrogens is 3. The Balaban J connectivity index is 1.77. The van der Waals surface area contributed by atoms with Gasteiger partial charge in [0.15, 0.2) is 0 Å². The number of benzene rings is 1. The average Bonchev–Trinajstić information content (AvgIpc) is 3.09. The van der Waals surface area contributed by atoms with Crippen LogP contribution in [0.3, 0.4) is 0 Å². The Kier molecular flexibility index (Phi) is 7.41. The van der Waals surface area contributed by atoms with Crippen molar-refractivity contribution in [2.24, 2.45) is 16.0 Å². The Morgan fingerprint density at radius 1 is 1.19 bits per heavy atom. The van der Waals surface area contributed by atoms with E-state index in [1.165, 1.54) is 0 Å². The predicted molar refractivity (Wildman–Crippen MR) is 91.1 cm³/mol. The first kappa shape index (κ1) is 20.5. The number of nitrogens with one attached hydrogen (secondary N) is 1. The number of hydrogen-bond acceptors (Lipinski definition) is 5. The third kappa shape index (κ3) is 7.13. The molecule has 0 atom stereocenters. The van der Waals surface area contributed by atoms with Gasteiger partial charge in [-0.15, -0.1) is 10.2 Å². The number of azo groups is 1. The molecule has 1 aromatic heterocycles. The van der Waals surface area contributed by atoms with Crippen molar-refractivity contribution in [3.63, 3.8) is 0 Å². The molecule has 0 radical (unpaired) electrons. The highest BCUT2D eigenvalue weighted by Gasteiger charge is 2.29. The number of amides is 2. The lowest BCUT2D eigenvalue weighted by atomic mass is 10.2. The molecular formula is C16H20F3N7O. The third-order valence-corrected chi connectivity index (χ3v) is 3.55. The van der Waals surface area contributed by atoms with Crippen LogP contribution in [-0.2, 0) is 19.3 Å². The Hall–Kier alpha value is -2.82. The Labute approximate surface area is 153 Å². The maximum absolute atomic E-state index is 12.5. The van der Waals surface area contributed by atoms with Gasteiger partial charge in [0, 0.05) is 6.54 Å². The molecule has 1 aromatic carbocycles. The van der Waals surface area contributed by atoms with E-state index in [1.54, 1.807) is 10.9 Å². The molecule has 0 spiro atoms.